The zero-order chi connectivity index (χ0) is 81.7. The third-order valence-corrected chi connectivity index (χ3v) is 29.1. The van der Waals surface area contributed by atoms with E-state index in [0.717, 1.165) is 26.4 Å². The molecule has 2 heterocycles. The second kappa shape index (κ2) is 74.5. The van der Waals surface area contributed by atoms with E-state index in [1.54, 1.807) is 0 Å². The minimum atomic E-state index is -0.446. The summed E-state index contributed by atoms with van der Waals surface area (Å²) in [6, 6.07) is 162. The van der Waals surface area contributed by atoms with Crippen molar-refractivity contribution in [1.29, 1.82) is 0 Å². The normalized spacial score (nSPS) is 10.4. The molecule has 632 valence electrons. The molecule has 0 unspecified atom stereocenters. The Hall–Kier alpha value is -6.89. The molecule has 2 aliphatic rings. The van der Waals surface area contributed by atoms with Crippen LogP contribution in [0.25, 0.3) is 0 Å². The average molecular weight is 2630 g/mol. The maximum atomic E-state index is 7.50. The van der Waals surface area contributed by atoms with Gasteiger partial charge in [0.25, 0.3) is 0 Å². The zero-order valence-corrected chi connectivity index (χ0v) is 82.5. The van der Waals surface area contributed by atoms with E-state index in [9.17, 15) is 0 Å². The Morgan fingerprint density at radius 3 is 0.264 bits per heavy atom. The van der Waals surface area contributed by atoms with Gasteiger partial charge in [-0.2, -0.15) is 0 Å². The van der Waals surface area contributed by atoms with Crippen molar-refractivity contribution in [2.75, 3.05) is 26.4 Å². The van der Waals surface area contributed by atoms with Crippen LogP contribution >= 0.6 is 39.6 Å². The summed E-state index contributed by atoms with van der Waals surface area (Å²) in [5, 5.41) is 21.0. The van der Waals surface area contributed by atoms with Gasteiger partial charge in [-0.05, 0) is 145 Å². The third-order valence-electron chi connectivity index (χ3n) is 16.9. The minimum Gasteiger partial charge on any atom is -0.0622 e. The molecule has 0 N–H and O–H groups in total. The van der Waals surface area contributed by atoms with Crippen LogP contribution in [0.15, 0.2) is 455 Å². The van der Waals surface area contributed by atoms with E-state index < -0.39 is 39.6 Å². The van der Waals surface area contributed by atoms with Crippen LogP contribution in [-0.4, -0.2) is 26.4 Å². The van der Waals surface area contributed by atoms with Gasteiger partial charge in [-0.1, -0.05) is 455 Å². The molecule has 0 bridgehead atoms. The monoisotopic (exact) mass is 2630 g/mol. The average Bonchev–Trinajstić information content (AvgIpc) is 1.84. The van der Waals surface area contributed by atoms with E-state index in [-0.39, 0.29) is 124 Å². The van der Waals surface area contributed by atoms with Gasteiger partial charge in [0.05, 0.1) is 0 Å². The van der Waals surface area contributed by atoms with Crippen LogP contribution in [0.2, 0.25) is 0 Å². The van der Waals surface area contributed by atoms with Gasteiger partial charge in [0.15, 0.2) is 0 Å². The van der Waals surface area contributed by atoms with Crippen LogP contribution < -0.4 is 79.6 Å². The number of benzene rings is 15. The Balaban J connectivity index is 0.00000139. The van der Waals surface area contributed by atoms with Crippen LogP contribution in [0.1, 0.15) is 25.7 Å². The van der Waals surface area contributed by atoms with E-state index in [4.69, 9.17) is 32.7 Å². The standard InChI is InChI=1S/5C18H15P.2C4H8O.5CO.2Au.Ni.3Pt/c5*1-4-10-16(11-5-1)19(17-12-6-2-7-13-17)18-14-8-3-9-15-18;2*1-2-4-5-3-1;5*1-2;;;;;;/h5*1-15H;2*1-4H2;;;;;;;;;;;. The Morgan fingerprint density at radius 2 is 0.215 bits per heavy atom. The van der Waals surface area contributed by atoms with E-state index in [1.165, 1.54) is 105 Å². The first-order chi connectivity index (χ1) is 57.2. The van der Waals surface area contributed by atoms with Gasteiger partial charge < -0.3 is 9.47 Å². The van der Waals surface area contributed by atoms with Crippen molar-refractivity contribution in [3.8, 4) is 0 Å². The molecule has 2 radical (unpaired) electrons. The summed E-state index contributed by atoms with van der Waals surface area (Å²) in [5.41, 5.74) is 0. The second-order valence-electron chi connectivity index (χ2n) is 24.3. The van der Waals surface area contributed by atoms with Crippen LogP contribution in [0.5, 0.6) is 0 Å². The third kappa shape index (κ3) is 41.6. The second-order valence-corrected chi connectivity index (χ2v) is 35.4. The van der Waals surface area contributed by atoms with Crippen LogP contribution in [0.4, 0.5) is 0 Å². The molecule has 0 aromatic heterocycles. The van der Waals surface area contributed by atoms with Crippen molar-refractivity contribution >= 4 is 119 Å². The summed E-state index contributed by atoms with van der Waals surface area (Å²) in [7, 11) is -2.23. The quantitative estimate of drug-likeness (QED) is 0.0440. The maximum Gasteiger partial charge on any atom is 0 e. The molecule has 2 saturated heterocycles. The Bertz CT molecular complexity index is 3780. The molecule has 0 spiro atoms. The van der Waals surface area contributed by atoms with E-state index in [2.05, 4.69) is 488 Å². The van der Waals surface area contributed by atoms with Gasteiger partial charge in [-0.3, -0.25) is 0 Å². The van der Waals surface area contributed by atoms with Crippen LogP contribution in [-0.2, 0) is 157 Å². The molecule has 121 heavy (non-hydrogen) atoms. The largest absolute Gasteiger partial charge is 0.0622 e. The molecule has 2 fully saturated rings. The van der Waals surface area contributed by atoms with Crippen molar-refractivity contribution in [3.63, 3.8) is 0 Å². The van der Waals surface area contributed by atoms with Crippen molar-refractivity contribution in [1.82, 2.24) is 0 Å². The molecule has 17 rings (SSSR count). The topological polar surface area (TPSA) is 118 Å². The molecular weight excluding hydrogens is 2540 g/mol. The van der Waals surface area contributed by atoms with Gasteiger partial charge in [-0.25, -0.2) is 0 Å². The summed E-state index contributed by atoms with van der Waals surface area (Å²) < 4.78 is 47.4. The van der Waals surface area contributed by atoms with E-state index in [0.29, 0.717) is 0 Å². The molecule has 2 aliphatic heterocycles. The smallest absolute Gasteiger partial charge is 0 e. The molecule has 18 heteroatoms. The molecule has 0 saturated carbocycles. The predicted octanol–water partition coefficient (Wildman–Crippen LogP) is 18.6. The molecule has 7 nitrogen and oxygen atoms in total. The van der Waals surface area contributed by atoms with E-state index >= 15 is 0 Å². The van der Waals surface area contributed by atoms with Gasteiger partial charge in [0.2, 0.25) is 0 Å². The first-order valence-electron chi connectivity index (χ1n) is 37.2. The number of hydrogen-bond donors (Lipinski definition) is 0. The Labute approximate surface area is 808 Å². The Morgan fingerprint density at radius 1 is 0.149 bits per heavy atom. The van der Waals surface area contributed by atoms with Crippen LogP contribution in [0.3, 0.4) is 0 Å². The van der Waals surface area contributed by atoms with E-state index in [1.807, 2.05) is 0 Å². The first-order valence-corrected chi connectivity index (χ1v) is 43.9. The fraction of sp³-hybridized carbons (Fsp3) is 0.0777. The number of hydrogen-bond acceptors (Lipinski definition) is 2. The maximum absolute atomic E-state index is 7.50. The molecule has 15 aromatic rings. The number of rotatable bonds is 15. The van der Waals surface area contributed by atoms with Gasteiger partial charge in [-0.15, -0.1) is 0 Å². The van der Waals surface area contributed by atoms with Crippen molar-refractivity contribution in [2.45, 2.75) is 25.7 Å². The summed E-state index contributed by atoms with van der Waals surface area (Å²) in [6.45, 7) is 26.5. The van der Waals surface area contributed by atoms with Crippen molar-refractivity contribution in [2.24, 2.45) is 0 Å². The Kier molecular flexibility index (Phi) is 70.3. The first kappa shape index (κ1) is 114. The molecular formula is C103H91Au2NiO7P5Pt3. The van der Waals surface area contributed by atoms with Gasteiger partial charge in [0.1, 0.15) is 0 Å². The van der Waals surface area contributed by atoms with Gasteiger partial charge >= 0.3 is 56.5 Å². The summed E-state index contributed by atoms with van der Waals surface area (Å²) in [6.07, 6.45) is 5.11. The van der Waals surface area contributed by atoms with Crippen LogP contribution in [0, 0.1) is 33.3 Å². The van der Waals surface area contributed by atoms with Gasteiger partial charge in [0, 0.05) is 151 Å². The molecule has 0 amide bonds. The van der Waals surface area contributed by atoms with Crippen molar-refractivity contribution in [3.05, 3.63) is 488 Å². The zero-order valence-electron chi connectivity index (χ0n) is 65.9. The summed E-state index contributed by atoms with van der Waals surface area (Å²) >= 11 is 0. The molecule has 15 aromatic carbocycles. The SMILES string of the molecule is C1CCOC1.C1CCOC1.[Au].[Au].[C-]#[O+].[C-]#[O+].[C-]#[O+].[C-]#[O+].[C-]#[O+].[Ni].[Pt].[Pt].[Pt].c1ccc(P(c2ccccc2)c2ccccc2)cc1.c1ccc(P(c2ccccc2)c2ccccc2)cc1.c1ccc(P(c2ccccc2)c2ccccc2)cc1.c1ccc(P(c2ccccc2)c2ccccc2)cc1.c1ccc(P(c2ccccc2)c2ccccc2)cc1. The minimum absolute atomic E-state index is 0. The fourth-order valence-corrected chi connectivity index (χ4v) is 23.4. The number of ether oxygens (including phenoxy) is 2. The fourth-order valence-electron chi connectivity index (χ4n) is 11.9. The summed E-state index contributed by atoms with van der Waals surface area (Å²) in [4.78, 5) is 0. The predicted molar refractivity (Wildman–Crippen MR) is 485 cm³/mol. The molecule has 0 atom stereocenters. The van der Waals surface area contributed by atoms with Crippen molar-refractivity contribution < 1.29 is 157 Å². The molecule has 0 aliphatic carbocycles. The summed E-state index contributed by atoms with van der Waals surface area (Å²) in [5.74, 6) is 0.